The molecule has 0 radical (unpaired) electrons. The molecule has 18 heavy (non-hydrogen) atoms. The van der Waals surface area contributed by atoms with Crippen LogP contribution in [0.25, 0.3) is 0 Å². The van der Waals surface area contributed by atoms with Gasteiger partial charge in [0.05, 0.1) is 23.0 Å². The Morgan fingerprint density at radius 1 is 1.00 bits per heavy atom. The van der Waals surface area contributed by atoms with E-state index in [4.69, 9.17) is 5.26 Å². The Bertz CT molecular complexity index is 585. The van der Waals surface area contributed by atoms with Crippen LogP contribution in [0.3, 0.4) is 0 Å². The topological polar surface area (TPSA) is 64.3 Å². The molecular weight excluding hydrogens is 228 g/mol. The number of amides is 1. The van der Waals surface area contributed by atoms with E-state index in [0.29, 0.717) is 16.9 Å². The fourth-order valence-electron chi connectivity index (χ4n) is 1.63. The molecule has 0 aliphatic heterocycles. The third-order valence-corrected chi connectivity index (χ3v) is 2.46. The van der Waals surface area contributed by atoms with E-state index in [2.05, 4.69) is 0 Å². The SMILES string of the molecule is N#Cc1ccc(N(C(=O)O)c2ccccc2)cc1. The highest BCUT2D eigenvalue weighted by Crippen LogP contribution is 2.25. The van der Waals surface area contributed by atoms with Crippen LogP contribution in [0.15, 0.2) is 54.6 Å². The molecule has 0 bridgehead atoms. The summed E-state index contributed by atoms with van der Waals surface area (Å²) in [5.74, 6) is 0. The van der Waals surface area contributed by atoms with E-state index >= 15 is 0 Å². The van der Waals surface area contributed by atoms with Crippen molar-refractivity contribution in [1.29, 1.82) is 5.26 Å². The Balaban J connectivity index is 2.43. The Morgan fingerprint density at radius 2 is 1.56 bits per heavy atom. The van der Waals surface area contributed by atoms with Crippen LogP contribution >= 0.6 is 0 Å². The summed E-state index contributed by atoms with van der Waals surface area (Å²) < 4.78 is 0. The molecule has 0 aliphatic rings. The maximum absolute atomic E-state index is 11.3. The summed E-state index contributed by atoms with van der Waals surface area (Å²) in [6, 6.07) is 17.2. The average molecular weight is 238 g/mol. The third-order valence-electron chi connectivity index (χ3n) is 2.46. The highest BCUT2D eigenvalue weighted by atomic mass is 16.4. The first-order valence-corrected chi connectivity index (χ1v) is 5.30. The number of hydrogen-bond donors (Lipinski definition) is 1. The summed E-state index contributed by atoms with van der Waals surface area (Å²) in [5, 5.41) is 18.0. The smallest absolute Gasteiger partial charge is 0.416 e. The summed E-state index contributed by atoms with van der Waals surface area (Å²) in [6.07, 6.45) is -1.06. The fraction of sp³-hybridized carbons (Fsp3) is 0. The number of rotatable bonds is 2. The van der Waals surface area contributed by atoms with Crippen molar-refractivity contribution in [3.63, 3.8) is 0 Å². The molecule has 0 atom stereocenters. The quantitative estimate of drug-likeness (QED) is 0.872. The van der Waals surface area contributed by atoms with Crippen LogP contribution in [0.2, 0.25) is 0 Å². The van der Waals surface area contributed by atoms with Crippen LogP contribution in [0.4, 0.5) is 16.2 Å². The number of nitriles is 1. The van der Waals surface area contributed by atoms with E-state index in [1.807, 2.05) is 12.1 Å². The second-order valence-corrected chi connectivity index (χ2v) is 3.61. The van der Waals surface area contributed by atoms with Gasteiger partial charge in [-0.05, 0) is 36.4 Å². The van der Waals surface area contributed by atoms with Crippen molar-refractivity contribution in [2.75, 3.05) is 4.90 Å². The largest absolute Gasteiger partial charge is 0.464 e. The van der Waals surface area contributed by atoms with Crippen LogP contribution in [-0.4, -0.2) is 11.2 Å². The number of benzene rings is 2. The van der Waals surface area contributed by atoms with E-state index in [1.165, 1.54) is 4.90 Å². The molecule has 2 rings (SSSR count). The Kier molecular flexibility index (Phi) is 3.26. The van der Waals surface area contributed by atoms with Gasteiger partial charge in [-0.3, -0.25) is 0 Å². The second kappa shape index (κ2) is 5.02. The van der Waals surface area contributed by atoms with Crippen LogP contribution < -0.4 is 4.90 Å². The zero-order chi connectivity index (χ0) is 13.0. The average Bonchev–Trinajstić information content (AvgIpc) is 2.40. The number of carboxylic acid groups (broad SMARTS) is 1. The van der Waals surface area contributed by atoms with Gasteiger partial charge in [-0.15, -0.1) is 0 Å². The lowest BCUT2D eigenvalue weighted by Gasteiger charge is -2.19. The summed E-state index contributed by atoms with van der Waals surface area (Å²) in [7, 11) is 0. The van der Waals surface area contributed by atoms with Gasteiger partial charge in [-0.2, -0.15) is 5.26 Å². The lowest BCUT2D eigenvalue weighted by molar-refractivity contribution is 0.205. The normalized spacial score (nSPS) is 9.50. The summed E-state index contributed by atoms with van der Waals surface area (Å²) in [6.45, 7) is 0. The fourth-order valence-corrected chi connectivity index (χ4v) is 1.63. The molecule has 0 aromatic heterocycles. The van der Waals surface area contributed by atoms with Crippen molar-refractivity contribution in [2.24, 2.45) is 0 Å². The zero-order valence-electron chi connectivity index (χ0n) is 9.45. The highest BCUT2D eigenvalue weighted by Gasteiger charge is 2.16. The molecular formula is C14H10N2O2. The van der Waals surface area contributed by atoms with Crippen molar-refractivity contribution in [2.45, 2.75) is 0 Å². The van der Waals surface area contributed by atoms with Gasteiger partial charge in [0.25, 0.3) is 0 Å². The monoisotopic (exact) mass is 238 g/mol. The third kappa shape index (κ3) is 2.30. The first-order valence-electron chi connectivity index (χ1n) is 5.30. The van der Waals surface area contributed by atoms with E-state index in [1.54, 1.807) is 48.5 Å². The van der Waals surface area contributed by atoms with Crippen LogP contribution in [0, 0.1) is 11.3 Å². The van der Waals surface area contributed by atoms with E-state index in [0.717, 1.165) is 0 Å². The number of anilines is 2. The first-order chi connectivity index (χ1) is 8.72. The van der Waals surface area contributed by atoms with Crippen LogP contribution in [0.1, 0.15) is 5.56 Å². The molecule has 4 nitrogen and oxygen atoms in total. The van der Waals surface area contributed by atoms with Gasteiger partial charge in [-0.25, -0.2) is 9.69 Å². The van der Waals surface area contributed by atoms with E-state index < -0.39 is 6.09 Å². The van der Waals surface area contributed by atoms with Gasteiger partial charge in [0.15, 0.2) is 0 Å². The molecule has 0 aliphatic carbocycles. The standard InChI is InChI=1S/C14H10N2O2/c15-10-11-6-8-13(9-7-11)16(14(17)18)12-4-2-1-3-5-12/h1-9H,(H,17,18). The maximum atomic E-state index is 11.3. The van der Waals surface area contributed by atoms with Gasteiger partial charge in [0.1, 0.15) is 0 Å². The van der Waals surface area contributed by atoms with Gasteiger partial charge in [0.2, 0.25) is 0 Å². The molecule has 1 N–H and O–H groups in total. The summed E-state index contributed by atoms with van der Waals surface area (Å²) in [5.41, 5.74) is 1.57. The molecule has 4 heteroatoms. The maximum Gasteiger partial charge on any atom is 0.416 e. The summed E-state index contributed by atoms with van der Waals surface area (Å²) >= 11 is 0. The lowest BCUT2D eigenvalue weighted by atomic mass is 10.2. The molecule has 0 spiro atoms. The van der Waals surface area contributed by atoms with Gasteiger partial charge < -0.3 is 5.11 Å². The Labute approximate surface area is 104 Å². The number of nitrogens with zero attached hydrogens (tertiary/aromatic N) is 2. The first kappa shape index (κ1) is 11.7. The number of hydrogen-bond acceptors (Lipinski definition) is 2. The summed E-state index contributed by atoms with van der Waals surface area (Å²) in [4.78, 5) is 12.5. The predicted octanol–water partition coefficient (Wildman–Crippen LogP) is 3.37. The van der Waals surface area contributed by atoms with Crippen LogP contribution in [-0.2, 0) is 0 Å². The number of carbonyl (C=O) groups is 1. The lowest BCUT2D eigenvalue weighted by Crippen LogP contribution is -2.23. The van der Waals surface area contributed by atoms with E-state index in [-0.39, 0.29) is 0 Å². The van der Waals surface area contributed by atoms with Crippen molar-refractivity contribution in [3.8, 4) is 6.07 Å². The Hall–Kier alpha value is -2.80. The second-order valence-electron chi connectivity index (χ2n) is 3.61. The number of para-hydroxylation sites is 1. The molecule has 0 fully saturated rings. The van der Waals surface area contributed by atoms with E-state index in [9.17, 15) is 9.90 Å². The molecule has 0 unspecified atom stereocenters. The minimum atomic E-state index is -1.06. The van der Waals surface area contributed by atoms with Crippen molar-refractivity contribution < 1.29 is 9.90 Å². The Morgan fingerprint density at radius 3 is 2.06 bits per heavy atom. The van der Waals surface area contributed by atoms with Crippen molar-refractivity contribution >= 4 is 17.5 Å². The molecule has 2 aromatic rings. The molecule has 0 heterocycles. The molecule has 88 valence electrons. The predicted molar refractivity (Wildman–Crippen MR) is 67.8 cm³/mol. The highest BCUT2D eigenvalue weighted by molar-refractivity contribution is 5.94. The van der Waals surface area contributed by atoms with Gasteiger partial charge in [-0.1, -0.05) is 18.2 Å². The van der Waals surface area contributed by atoms with Crippen molar-refractivity contribution in [3.05, 3.63) is 60.2 Å². The minimum absolute atomic E-state index is 0.497. The van der Waals surface area contributed by atoms with Crippen LogP contribution in [0.5, 0.6) is 0 Å². The van der Waals surface area contributed by atoms with Gasteiger partial charge in [0, 0.05) is 0 Å². The zero-order valence-corrected chi connectivity index (χ0v) is 9.45. The molecule has 0 saturated carbocycles. The molecule has 1 amide bonds. The minimum Gasteiger partial charge on any atom is -0.464 e. The van der Waals surface area contributed by atoms with Gasteiger partial charge >= 0.3 is 6.09 Å². The molecule has 2 aromatic carbocycles. The van der Waals surface area contributed by atoms with Crippen molar-refractivity contribution in [1.82, 2.24) is 0 Å². The molecule has 0 saturated heterocycles.